The van der Waals surface area contributed by atoms with Crippen LogP contribution in [0.3, 0.4) is 0 Å². The largest absolute Gasteiger partial charge is 0.464 e. The van der Waals surface area contributed by atoms with Gasteiger partial charge in [0.1, 0.15) is 6.10 Å². The molecule has 0 bridgehead atoms. The number of carbonyl (C=O) groups excluding carboxylic acids is 1. The molecule has 1 fully saturated rings. The first-order valence-electron chi connectivity index (χ1n) is 4.10. The average Bonchev–Trinajstić information content (AvgIpc) is 1.94. The van der Waals surface area contributed by atoms with Gasteiger partial charge in [-0.1, -0.05) is 0 Å². The van der Waals surface area contributed by atoms with E-state index in [1.807, 2.05) is 0 Å². The quantitative estimate of drug-likeness (QED) is 0.565. The maximum Gasteiger partial charge on any atom is 0.293 e. The Morgan fingerprint density at radius 3 is 3.00 bits per heavy atom. The van der Waals surface area contributed by atoms with Crippen molar-refractivity contribution in [2.75, 3.05) is 13.2 Å². The van der Waals surface area contributed by atoms with Crippen LogP contribution in [0.4, 0.5) is 0 Å². The topological polar surface area (TPSA) is 35.5 Å². The highest BCUT2D eigenvalue weighted by Crippen LogP contribution is 2.11. The van der Waals surface area contributed by atoms with E-state index in [0.717, 1.165) is 38.9 Å². The molecule has 64 valence electrons. The normalized spacial score (nSPS) is 26.7. The summed E-state index contributed by atoms with van der Waals surface area (Å²) in [7, 11) is 0. The molecule has 0 radical (unpaired) electrons. The summed E-state index contributed by atoms with van der Waals surface area (Å²) < 4.78 is 10.1. The van der Waals surface area contributed by atoms with E-state index in [1.165, 1.54) is 0 Å². The number of rotatable bonds is 2. The van der Waals surface area contributed by atoms with E-state index < -0.39 is 0 Å². The molecule has 0 aromatic heterocycles. The summed E-state index contributed by atoms with van der Waals surface area (Å²) in [6.45, 7) is 2.11. The zero-order valence-electron chi connectivity index (χ0n) is 6.62. The van der Waals surface area contributed by atoms with Crippen molar-refractivity contribution in [3.63, 3.8) is 0 Å². The summed E-state index contributed by atoms with van der Waals surface area (Å²) in [5.41, 5.74) is 0. The molecule has 1 aliphatic heterocycles. The van der Waals surface area contributed by atoms with Crippen molar-refractivity contribution in [3.8, 4) is 0 Å². The van der Waals surface area contributed by atoms with Crippen molar-refractivity contribution < 1.29 is 14.3 Å². The number of ether oxygens (including phenoxy) is 2. The van der Waals surface area contributed by atoms with Crippen LogP contribution < -0.4 is 0 Å². The van der Waals surface area contributed by atoms with E-state index in [0.29, 0.717) is 6.47 Å². The summed E-state index contributed by atoms with van der Waals surface area (Å²) in [5, 5.41) is 0. The summed E-state index contributed by atoms with van der Waals surface area (Å²) in [6, 6.07) is 0. The van der Waals surface area contributed by atoms with E-state index in [1.54, 1.807) is 0 Å². The van der Waals surface area contributed by atoms with Crippen molar-refractivity contribution in [2.24, 2.45) is 0 Å². The van der Waals surface area contributed by atoms with Crippen molar-refractivity contribution in [2.45, 2.75) is 31.8 Å². The minimum Gasteiger partial charge on any atom is -0.464 e. The molecule has 1 unspecified atom stereocenters. The van der Waals surface area contributed by atoms with Crippen LogP contribution in [0.5, 0.6) is 0 Å². The molecule has 1 saturated heterocycles. The van der Waals surface area contributed by atoms with Crippen LogP contribution in [-0.4, -0.2) is 25.8 Å². The lowest BCUT2D eigenvalue weighted by Crippen LogP contribution is -2.17. The lowest BCUT2D eigenvalue weighted by molar-refractivity contribution is -0.135. The molecule has 0 aromatic carbocycles. The Hall–Kier alpha value is -0.570. The molecule has 3 heteroatoms. The number of hydrogen-bond acceptors (Lipinski definition) is 3. The van der Waals surface area contributed by atoms with E-state index in [4.69, 9.17) is 9.47 Å². The predicted octanol–water partition coefficient (Wildman–Crippen LogP) is 1.12. The molecule has 3 nitrogen and oxygen atoms in total. The monoisotopic (exact) mass is 158 g/mol. The lowest BCUT2D eigenvalue weighted by atomic mass is 10.1. The van der Waals surface area contributed by atoms with E-state index in [9.17, 15) is 4.79 Å². The molecule has 0 N–H and O–H groups in total. The van der Waals surface area contributed by atoms with Crippen molar-refractivity contribution in [3.05, 3.63) is 0 Å². The lowest BCUT2D eigenvalue weighted by Gasteiger charge is -2.17. The Bertz CT molecular complexity index is 106. The Morgan fingerprint density at radius 2 is 2.18 bits per heavy atom. The highest BCUT2D eigenvalue weighted by Gasteiger charge is 2.10. The van der Waals surface area contributed by atoms with Crippen LogP contribution in [0.25, 0.3) is 0 Å². The fourth-order valence-electron chi connectivity index (χ4n) is 1.25. The molecular weight excluding hydrogens is 144 g/mol. The van der Waals surface area contributed by atoms with Gasteiger partial charge < -0.3 is 9.47 Å². The molecule has 0 spiro atoms. The van der Waals surface area contributed by atoms with Gasteiger partial charge in [-0.25, -0.2) is 0 Å². The van der Waals surface area contributed by atoms with Crippen LogP contribution in [0.15, 0.2) is 0 Å². The van der Waals surface area contributed by atoms with Crippen LogP contribution in [0.1, 0.15) is 25.7 Å². The molecule has 0 amide bonds. The molecule has 0 saturated carbocycles. The van der Waals surface area contributed by atoms with Crippen LogP contribution in [0, 0.1) is 0 Å². The van der Waals surface area contributed by atoms with Gasteiger partial charge in [-0.05, 0) is 19.3 Å². The Balaban J connectivity index is 2.20. The second-order valence-electron chi connectivity index (χ2n) is 2.75. The van der Waals surface area contributed by atoms with Crippen LogP contribution in [-0.2, 0) is 14.3 Å². The van der Waals surface area contributed by atoms with Gasteiger partial charge in [0.05, 0.1) is 6.61 Å². The van der Waals surface area contributed by atoms with Crippen molar-refractivity contribution >= 4 is 6.47 Å². The van der Waals surface area contributed by atoms with Crippen molar-refractivity contribution in [1.82, 2.24) is 0 Å². The molecule has 1 atom stereocenters. The molecule has 1 heterocycles. The third kappa shape index (κ3) is 3.37. The smallest absolute Gasteiger partial charge is 0.293 e. The fourth-order valence-corrected chi connectivity index (χ4v) is 1.25. The molecule has 0 aliphatic carbocycles. The Kier molecular flexibility index (Phi) is 3.98. The average molecular weight is 158 g/mol. The predicted molar refractivity (Wildman–Crippen MR) is 40.2 cm³/mol. The van der Waals surface area contributed by atoms with Crippen LogP contribution in [0.2, 0.25) is 0 Å². The molecule has 1 rings (SSSR count). The highest BCUT2D eigenvalue weighted by molar-refractivity contribution is 5.37. The fraction of sp³-hybridized carbons (Fsp3) is 0.875. The highest BCUT2D eigenvalue weighted by atomic mass is 16.5. The van der Waals surface area contributed by atoms with E-state index >= 15 is 0 Å². The minimum atomic E-state index is 0.0906. The van der Waals surface area contributed by atoms with Gasteiger partial charge in [-0.3, -0.25) is 4.79 Å². The van der Waals surface area contributed by atoms with Gasteiger partial charge in [0.25, 0.3) is 6.47 Å². The first-order chi connectivity index (χ1) is 5.43. The third-order valence-electron chi connectivity index (χ3n) is 1.90. The van der Waals surface area contributed by atoms with Gasteiger partial charge in [0.15, 0.2) is 0 Å². The second-order valence-corrected chi connectivity index (χ2v) is 2.75. The standard InChI is InChI=1S/C8H14O3/c9-7-11-8-3-1-2-5-10-6-4-8/h7-8H,1-6H2. The summed E-state index contributed by atoms with van der Waals surface area (Å²) >= 11 is 0. The summed E-state index contributed by atoms with van der Waals surface area (Å²) in [6.07, 6.45) is 4.10. The molecule has 11 heavy (non-hydrogen) atoms. The van der Waals surface area contributed by atoms with Gasteiger partial charge in [-0.15, -0.1) is 0 Å². The zero-order valence-corrected chi connectivity index (χ0v) is 6.62. The summed E-state index contributed by atoms with van der Waals surface area (Å²) in [4.78, 5) is 10.0. The Morgan fingerprint density at radius 1 is 1.27 bits per heavy atom. The SMILES string of the molecule is O=COC1CCCCOCC1. The molecular formula is C8H14O3. The minimum absolute atomic E-state index is 0.0906. The Labute approximate surface area is 66.7 Å². The molecule has 1 aliphatic rings. The molecule has 0 aromatic rings. The van der Waals surface area contributed by atoms with E-state index in [-0.39, 0.29) is 6.10 Å². The maximum atomic E-state index is 10.0. The number of hydrogen-bond donors (Lipinski definition) is 0. The van der Waals surface area contributed by atoms with Crippen LogP contribution >= 0.6 is 0 Å². The second kappa shape index (κ2) is 5.13. The first kappa shape index (κ1) is 8.53. The third-order valence-corrected chi connectivity index (χ3v) is 1.90. The van der Waals surface area contributed by atoms with Crippen molar-refractivity contribution in [1.29, 1.82) is 0 Å². The van der Waals surface area contributed by atoms with Gasteiger partial charge in [0, 0.05) is 13.0 Å². The van der Waals surface area contributed by atoms with Gasteiger partial charge in [0.2, 0.25) is 0 Å². The van der Waals surface area contributed by atoms with E-state index in [2.05, 4.69) is 0 Å². The number of carbonyl (C=O) groups is 1. The zero-order chi connectivity index (χ0) is 7.94. The van der Waals surface area contributed by atoms with Gasteiger partial charge in [-0.2, -0.15) is 0 Å². The first-order valence-corrected chi connectivity index (χ1v) is 4.10. The maximum absolute atomic E-state index is 10.0. The summed E-state index contributed by atoms with van der Waals surface area (Å²) in [5.74, 6) is 0. The van der Waals surface area contributed by atoms with Gasteiger partial charge >= 0.3 is 0 Å².